The van der Waals surface area contributed by atoms with Crippen LogP contribution in [0.3, 0.4) is 0 Å². The zero-order chi connectivity index (χ0) is 12.6. The van der Waals surface area contributed by atoms with Crippen molar-refractivity contribution in [2.45, 2.75) is 6.54 Å². The van der Waals surface area contributed by atoms with Gasteiger partial charge in [0.2, 0.25) is 5.88 Å². The second kappa shape index (κ2) is 4.06. The SMILES string of the molecule is COc1ccc2c(n1)c(C(N)=O)c(CN)n2C. The first-order valence-electron chi connectivity index (χ1n) is 5.12. The van der Waals surface area contributed by atoms with Crippen molar-refractivity contribution >= 4 is 16.9 Å². The molecule has 0 aromatic carbocycles. The summed E-state index contributed by atoms with van der Waals surface area (Å²) in [5.74, 6) is -0.0917. The third-order valence-electron chi connectivity index (χ3n) is 2.79. The van der Waals surface area contributed by atoms with Gasteiger partial charge in [0.15, 0.2) is 0 Å². The van der Waals surface area contributed by atoms with Gasteiger partial charge in [-0.1, -0.05) is 0 Å². The molecule has 4 N–H and O–H groups in total. The van der Waals surface area contributed by atoms with Crippen molar-refractivity contribution in [1.82, 2.24) is 9.55 Å². The summed E-state index contributed by atoms with van der Waals surface area (Å²) >= 11 is 0. The van der Waals surface area contributed by atoms with E-state index in [1.807, 2.05) is 17.7 Å². The molecule has 0 saturated heterocycles. The first kappa shape index (κ1) is 11.4. The molecule has 6 nitrogen and oxygen atoms in total. The lowest BCUT2D eigenvalue weighted by Crippen LogP contribution is -2.16. The van der Waals surface area contributed by atoms with Gasteiger partial charge in [-0.2, -0.15) is 0 Å². The molecule has 0 unspecified atom stereocenters. The van der Waals surface area contributed by atoms with Crippen LogP contribution in [0.4, 0.5) is 0 Å². The molecule has 0 saturated carbocycles. The number of aromatic nitrogens is 2. The summed E-state index contributed by atoms with van der Waals surface area (Å²) in [6.45, 7) is 0.230. The molecule has 6 heteroatoms. The second-order valence-electron chi connectivity index (χ2n) is 3.67. The largest absolute Gasteiger partial charge is 0.481 e. The molecule has 0 atom stereocenters. The first-order valence-corrected chi connectivity index (χ1v) is 5.12. The van der Waals surface area contributed by atoms with Crippen LogP contribution < -0.4 is 16.2 Å². The van der Waals surface area contributed by atoms with Gasteiger partial charge in [-0.25, -0.2) is 4.98 Å². The molecule has 0 spiro atoms. The number of carbonyl (C=O) groups is 1. The molecule has 0 bridgehead atoms. The van der Waals surface area contributed by atoms with Gasteiger partial charge in [0.05, 0.1) is 18.2 Å². The summed E-state index contributed by atoms with van der Waals surface area (Å²) in [5, 5.41) is 0. The number of primary amides is 1. The van der Waals surface area contributed by atoms with Gasteiger partial charge in [-0.05, 0) is 6.07 Å². The van der Waals surface area contributed by atoms with E-state index in [1.165, 1.54) is 7.11 Å². The van der Waals surface area contributed by atoms with E-state index in [0.717, 1.165) is 5.52 Å². The Morgan fingerprint density at radius 3 is 2.76 bits per heavy atom. The Hall–Kier alpha value is -2.08. The second-order valence-corrected chi connectivity index (χ2v) is 3.67. The van der Waals surface area contributed by atoms with Crippen LogP contribution in [0.2, 0.25) is 0 Å². The van der Waals surface area contributed by atoms with Crippen LogP contribution in [-0.2, 0) is 13.6 Å². The Bertz CT molecular complexity index is 589. The standard InChI is InChI=1S/C11H14N4O2/c1-15-6-3-4-8(17-2)14-10(6)9(11(13)16)7(15)5-12/h3-4H,5,12H2,1-2H3,(H2,13,16). The lowest BCUT2D eigenvalue weighted by molar-refractivity contribution is 0.100. The summed E-state index contributed by atoms with van der Waals surface area (Å²) < 4.78 is 6.86. The summed E-state index contributed by atoms with van der Waals surface area (Å²) in [7, 11) is 3.34. The van der Waals surface area contributed by atoms with E-state index in [4.69, 9.17) is 16.2 Å². The monoisotopic (exact) mass is 234 g/mol. The first-order chi connectivity index (χ1) is 8.10. The molecule has 2 aromatic rings. The third kappa shape index (κ3) is 1.62. The summed E-state index contributed by atoms with van der Waals surface area (Å²) in [4.78, 5) is 15.7. The number of hydrogen-bond donors (Lipinski definition) is 2. The van der Waals surface area contributed by atoms with Crippen LogP contribution in [0.15, 0.2) is 12.1 Å². The molecule has 2 aromatic heterocycles. The van der Waals surface area contributed by atoms with Crippen molar-refractivity contribution in [2.24, 2.45) is 18.5 Å². The molecule has 0 aliphatic carbocycles. The zero-order valence-corrected chi connectivity index (χ0v) is 9.73. The topological polar surface area (TPSA) is 96.2 Å². The van der Waals surface area contributed by atoms with E-state index in [2.05, 4.69) is 4.98 Å². The minimum atomic E-state index is -0.531. The van der Waals surface area contributed by atoms with Gasteiger partial charge < -0.3 is 20.8 Å². The van der Waals surface area contributed by atoms with Crippen molar-refractivity contribution in [2.75, 3.05) is 7.11 Å². The molecular formula is C11H14N4O2. The molecule has 0 aliphatic heterocycles. The Kier molecular flexibility index (Phi) is 2.72. The predicted octanol–water partition coefficient (Wildman–Crippen LogP) is 0.140. The van der Waals surface area contributed by atoms with Crippen LogP contribution in [0, 0.1) is 0 Å². The van der Waals surface area contributed by atoms with Crippen molar-refractivity contribution in [3.63, 3.8) is 0 Å². The minimum Gasteiger partial charge on any atom is -0.481 e. The highest BCUT2D eigenvalue weighted by molar-refractivity contribution is 6.06. The fourth-order valence-electron chi connectivity index (χ4n) is 1.95. The average molecular weight is 234 g/mol. The molecular weight excluding hydrogens is 220 g/mol. The van der Waals surface area contributed by atoms with Crippen LogP contribution in [0.25, 0.3) is 11.0 Å². The number of nitrogens with zero attached hydrogens (tertiary/aromatic N) is 2. The molecule has 0 aliphatic rings. The smallest absolute Gasteiger partial charge is 0.252 e. The molecule has 0 radical (unpaired) electrons. The van der Waals surface area contributed by atoms with E-state index in [1.54, 1.807) is 6.07 Å². The van der Waals surface area contributed by atoms with E-state index < -0.39 is 5.91 Å². The van der Waals surface area contributed by atoms with Crippen LogP contribution in [-0.4, -0.2) is 22.6 Å². The maximum absolute atomic E-state index is 11.5. The predicted molar refractivity (Wildman–Crippen MR) is 63.7 cm³/mol. The number of fused-ring (bicyclic) bond motifs is 1. The van der Waals surface area contributed by atoms with Gasteiger partial charge in [-0.3, -0.25) is 4.79 Å². The van der Waals surface area contributed by atoms with Crippen molar-refractivity contribution in [3.8, 4) is 5.88 Å². The van der Waals surface area contributed by atoms with Gasteiger partial charge >= 0.3 is 0 Å². The Balaban J connectivity index is 2.86. The highest BCUT2D eigenvalue weighted by atomic mass is 16.5. The fourth-order valence-corrected chi connectivity index (χ4v) is 1.95. The summed E-state index contributed by atoms with van der Waals surface area (Å²) in [6.07, 6.45) is 0. The van der Waals surface area contributed by atoms with Crippen molar-refractivity contribution in [3.05, 3.63) is 23.4 Å². The van der Waals surface area contributed by atoms with Gasteiger partial charge in [0.25, 0.3) is 5.91 Å². The molecule has 2 heterocycles. The highest BCUT2D eigenvalue weighted by Gasteiger charge is 2.19. The number of amides is 1. The number of ether oxygens (including phenoxy) is 1. The fraction of sp³-hybridized carbons (Fsp3) is 0.273. The Morgan fingerprint density at radius 1 is 1.53 bits per heavy atom. The van der Waals surface area contributed by atoms with E-state index in [0.29, 0.717) is 22.7 Å². The van der Waals surface area contributed by atoms with E-state index in [-0.39, 0.29) is 6.54 Å². The van der Waals surface area contributed by atoms with E-state index >= 15 is 0 Å². The number of methoxy groups -OCH3 is 1. The normalized spacial score (nSPS) is 10.8. The van der Waals surface area contributed by atoms with Crippen LogP contribution in [0.1, 0.15) is 16.1 Å². The summed E-state index contributed by atoms with van der Waals surface area (Å²) in [5.41, 5.74) is 13.4. The molecule has 1 amide bonds. The number of carbonyl (C=O) groups excluding carboxylic acids is 1. The lowest BCUT2D eigenvalue weighted by Gasteiger charge is -2.01. The zero-order valence-electron chi connectivity index (χ0n) is 9.73. The summed E-state index contributed by atoms with van der Waals surface area (Å²) in [6, 6.07) is 3.56. The minimum absolute atomic E-state index is 0.230. The van der Waals surface area contributed by atoms with Gasteiger partial charge in [-0.15, -0.1) is 0 Å². The molecule has 17 heavy (non-hydrogen) atoms. The van der Waals surface area contributed by atoms with Crippen LogP contribution >= 0.6 is 0 Å². The van der Waals surface area contributed by atoms with Crippen LogP contribution in [0.5, 0.6) is 5.88 Å². The van der Waals surface area contributed by atoms with Crippen molar-refractivity contribution in [1.29, 1.82) is 0 Å². The molecule has 0 fully saturated rings. The quantitative estimate of drug-likeness (QED) is 0.789. The number of aryl methyl sites for hydroxylation is 1. The van der Waals surface area contributed by atoms with Gasteiger partial charge in [0, 0.05) is 25.4 Å². The lowest BCUT2D eigenvalue weighted by atomic mass is 10.2. The van der Waals surface area contributed by atoms with Gasteiger partial charge in [0.1, 0.15) is 5.52 Å². The highest BCUT2D eigenvalue weighted by Crippen LogP contribution is 2.25. The Morgan fingerprint density at radius 2 is 2.24 bits per heavy atom. The third-order valence-corrected chi connectivity index (χ3v) is 2.79. The average Bonchev–Trinajstić information content (AvgIpc) is 2.61. The number of nitrogens with two attached hydrogens (primary N) is 2. The maximum Gasteiger partial charge on any atom is 0.252 e. The molecule has 2 rings (SSSR count). The number of hydrogen-bond acceptors (Lipinski definition) is 4. The molecule has 90 valence electrons. The number of pyridine rings is 1. The number of rotatable bonds is 3. The Labute approximate surface area is 98.2 Å². The van der Waals surface area contributed by atoms with E-state index in [9.17, 15) is 4.79 Å². The maximum atomic E-state index is 11.5. The van der Waals surface area contributed by atoms with Crippen molar-refractivity contribution < 1.29 is 9.53 Å².